The third-order valence-corrected chi connectivity index (χ3v) is 7.44. The number of hydrogen-bond donors (Lipinski definition) is 1. The number of amides is 1. The molecule has 4 aromatic rings. The molecule has 1 fully saturated rings. The molecule has 198 valence electrons. The second-order valence-corrected chi connectivity index (χ2v) is 9.84. The van der Waals surface area contributed by atoms with Gasteiger partial charge in [-0.25, -0.2) is 0 Å². The fourth-order valence-electron chi connectivity index (χ4n) is 5.41. The fourth-order valence-corrected chi connectivity index (χ4v) is 5.41. The Morgan fingerprint density at radius 2 is 1.87 bits per heavy atom. The predicted molar refractivity (Wildman–Crippen MR) is 138 cm³/mol. The summed E-state index contributed by atoms with van der Waals surface area (Å²) in [5.41, 5.74) is 1.34. The maximum absolute atomic E-state index is 13.7. The average molecular weight is 524 g/mol. The number of alkyl halides is 3. The summed E-state index contributed by atoms with van der Waals surface area (Å²) < 4.78 is 47.8. The van der Waals surface area contributed by atoms with Crippen LogP contribution in [-0.4, -0.2) is 35.1 Å². The lowest BCUT2D eigenvalue weighted by atomic mass is 9.82. The Kier molecular flexibility index (Phi) is 7.10. The molecule has 0 bridgehead atoms. The molecule has 1 amide bonds. The van der Waals surface area contributed by atoms with Crippen LogP contribution >= 0.6 is 0 Å². The summed E-state index contributed by atoms with van der Waals surface area (Å²) in [4.78, 5) is 29.5. The van der Waals surface area contributed by atoms with E-state index in [0.717, 1.165) is 41.4 Å². The highest BCUT2D eigenvalue weighted by molar-refractivity contribution is 6.06. The molecule has 5 rings (SSSR count). The lowest BCUT2D eigenvalue weighted by Crippen LogP contribution is -2.33. The number of pyridine rings is 1. The van der Waals surface area contributed by atoms with Crippen molar-refractivity contribution in [3.05, 3.63) is 77.6 Å². The van der Waals surface area contributed by atoms with E-state index in [0.29, 0.717) is 36.8 Å². The van der Waals surface area contributed by atoms with E-state index < -0.39 is 17.6 Å². The number of halogens is 3. The lowest BCUT2D eigenvalue weighted by molar-refractivity contribution is -0.146. The first-order valence-corrected chi connectivity index (χ1v) is 12.6. The minimum Gasteiger partial charge on any atom is -0.469 e. The summed E-state index contributed by atoms with van der Waals surface area (Å²) in [6.07, 6.45) is 1.66. The Balaban J connectivity index is 1.43. The normalized spacial score (nSPS) is 18.0. The Morgan fingerprint density at radius 3 is 2.61 bits per heavy atom. The number of ether oxygens (including phenoxy) is 1. The zero-order valence-corrected chi connectivity index (χ0v) is 20.9. The molecular formula is C29H28F3N3O3. The van der Waals surface area contributed by atoms with Gasteiger partial charge >= 0.3 is 12.1 Å². The van der Waals surface area contributed by atoms with Crippen molar-refractivity contribution >= 4 is 33.7 Å². The van der Waals surface area contributed by atoms with Gasteiger partial charge in [0.2, 0.25) is 0 Å². The van der Waals surface area contributed by atoms with Crippen LogP contribution < -0.4 is 5.32 Å². The van der Waals surface area contributed by atoms with Gasteiger partial charge in [0.1, 0.15) is 0 Å². The molecule has 1 N–H and O–H groups in total. The van der Waals surface area contributed by atoms with Crippen LogP contribution in [0.5, 0.6) is 0 Å². The molecule has 0 spiro atoms. The second kappa shape index (κ2) is 10.5. The largest absolute Gasteiger partial charge is 0.469 e. The van der Waals surface area contributed by atoms with Gasteiger partial charge in [0.05, 0.1) is 35.2 Å². The van der Waals surface area contributed by atoms with Gasteiger partial charge in [-0.2, -0.15) is 13.2 Å². The number of fused-ring (bicyclic) bond motifs is 2. The monoisotopic (exact) mass is 523 g/mol. The fraction of sp³-hybridized carbons (Fsp3) is 0.345. The van der Waals surface area contributed by atoms with Gasteiger partial charge in [0.15, 0.2) is 0 Å². The molecule has 0 atom stereocenters. The smallest absolute Gasteiger partial charge is 0.416 e. The summed E-state index contributed by atoms with van der Waals surface area (Å²) in [5.74, 6) is -0.754. The molecule has 38 heavy (non-hydrogen) atoms. The van der Waals surface area contributed by atoms with Gasteiger partial charge < -0.3 is 14.6 Å². The van der Waals surface area contributed by atoms with Crippen LogP contribution in [0.3, 0.4) is 0 Å². The van der Waals surface area contributed by atoms with E-state index in [2.05, 4.69) is 10.3 Å². The van der Waals surface area contributed by atoms with Crippen LogP contribution in [-0.2, 0) is 22.3 Å². The molecule has 1 saturated carbocycles. The summed E-state index contributed by atoms with van der Waals surface area (Å²) >= 11 is 0. The van der Waals surface area contributed by atoms with E-state index in [4.69, 9.17) is 4.74 Å². The number of hydrogen-bond acceptors (Lipinski definition) is 4. The Labute approximate surface area is 217 Å². The standard InChI is InChI=1S/C29H28F3N3O3/c1-38-28(37)19-9-7-18(8-10-19)16-34-27(36)24-15-22(29(30,31)32)14-20-11-13-35(26(20)24)17-21-4-2-6-25-23(21)5-3-12-33-25/h2-6,11-15,18-19H,7-10,16-17H2,1H3,(H,34,36). The molecule has 1 aliphatic carbocycles. The van der Waals surface area contributed by atoms with Crippen molar-refractivity contribution in [2.45, 2.75) is 38.4 Å². The molecule has 1 aliphatic rings. The highest BCUT2D eigenvalue weighted by atomic mass is 19.4. The van der Waals surface area contributed by atoms with Gasteiger partial charge in [0, 0.05) is 36.3 Å². The third-order valence-electron chi connectivity index (χ3n) is 7.44. The van der Waals surface area contributed by atoms with Gasteiger partial charge in [-0.3, -0.25) is 14.6 Å². The maximum atomic E-state index is 13.7. The van der Waals surface area contributed by atoms with Gasteiger partial charge in [-0.15, -0.1) is 0 Å². The number of aromatic nitrogens is 2. The lowest BCUT2D eigenvalue weighted by Gasteiger charge is -2.27. The quantitative estimate of drug-likeness (QED) is 0.316. The first-order chi connectivity index (χ1) is 18.2. The van der Waals surface area contributed by atoms with E-state index in [1.54, 1.807) is 18.5 Å². The van der Waals surface area contributed by atoms with E-state index >= 15 is 0 Å². The number of methoxy groups -OCH3 is 1. The maximum Gasteiger partial charge on any atom is 0.416 e. The molecule has 0 aliphatic heterocycles. The highest BCUT2D eigenvalue weighted by Gasteiger charge is 2.33. The average Bonchev–Trinajstić information content (AvgIpc) is 3.33. The van der Waals surface area contributed by atoms with Gasteiger partial charge in [0.25, 0.3) is 5.91 Å². The van der Waals surface area contributed by atoms with Crippen molar-refractivity contribution in [2.75, 3.05) is 13.7 Å². The topological polar surface area (TPSA) is 73.2 Å². The van der Waals surface area contributed by atoms with Crippen molar-refractivity contribution < 1.29 is 27.5 Å². The SMILES string of the molecule is COC(=O)C1CCC(CNC(=O)c2cc(C(F)(F)F)cc3ccn(Cc4cccc5ncccc45)c23)CC1. The van der Waals surface area contributed by atoms with Crippen LogP contribution in [0.4, 0.5) is 13.2 Å². The summed E-state index contributed by atoms with van der Waals surface area (Å²) in [5, 5.41) is 4.15. The van der Waals surface area contributed by atoms with Crippen LogP contribution in [0.1, 0.15) is 47.2 Å². The molecule has 2 aromatic heterocycles. The van der Waals surface area contributed by atoms with Crippen LogP contribution in [0.2, 0.25) is 0 Å². The summed E-state index contributed by atoms with van der Waals surface area (Å²) in [6.45, 7) is 0.704. The number of nitrogens with one attached hydrogen (secondary N) is 1. The zero-order valence-electron chi connectivity index (χ0n) is 20.9. The summed E-state index contributed by atoms with van der Waals surface area (Å²) in [6, 6.07) is 13.2. The second-order valence-electron chi connectivity index (χ2n) is 9.84. The third kappa shape index (κ3) is 5.23. The van der Waals surface area contributed by atoms with Gasteiger partial charge in [-0.1, -0.05) is 18.2 Å². The van der Waals surface area contributed by atoms with Crippen molar-refractivity contribution in [2.24, 2.45) is 11.8 Å². The van der Waals surface area contributed by atoms with E-state index in [1.165, 1.54) is 7.11 Å². The van der Waals surface area contributed by atoms with Gasteiger partial charge in [-0.05, 0) is 67.5 Å². The zero-order chi connectivity index (χ0) is 26.9. The highest BCUT2D eigenvalue weighted by Crippen LogP contribution is 2.35. The molecule has 6 nitrogen and oxygen atoms in total. The van der Waals surface area contributed by atoms with Crippen molar-refractivity contribution in [1.29, 1.82) is 0 Å². The predicted octanol–water partition coefficient (Wildman–Crippen LogP) is 5.97. The van der Waals surface area contributed by atoms with E-state index in [-0.39, 0.29) is 23.4 Å². The first-order valence-electron chi connectivity index (χ1n) is 12.6. The number of nitrogens with zero attached hydrogens (tertiary/aromatic N) is 2. The minimum atomic E-state index is -4.58. The van der Waals surface area contributed by atoms with Crippen LogP contribution in [0.15, 0.2) is 60.9 Å². The Hall–Kier alpha value is -3.88. The molecule has 2 heterocycles. The van der Waals surface area contributed by atoms with Crippen molar-refractivity contribution in [3.8, 4) is 0 Å². The minimum absolute atomic E-state index is 0.0126. The molecule has 9 heteroatoms. The summed E-state index contributed by atoms with van der Waals surface area (Å²) in [7, 11) is 1.37. The van der Waals surface area contributed by atoms with E-state index in [9.17, 15) is 22.8 Å². The molecule has 0 saturated heterocycles. The van der Waals surface area contributed by atoms with Crippen LogP contribution in [0, 0.1) is 11.8 Å². The number of rotatable bonds is 6. The molecule has 0 unspecified atom stereocenters. The molecule has 2 aromatic carbocycles. The Bertz CT molecular complexity index is 1480. The number of carbonyl (C=O) groups is 2. The Morgan fingerprint density at radius 1 is 1.08 bits per heavy atom. The number of benzene rings is 2. The van der Waals surface area contributed by atoms with Crippen LogP contribution in [0.25, 0.3) is 21.8 Å². The van der Waals surface area contributed by atoms with Crippen molar-refractivity contribution in [3.63, 3.8) is 0 Å². The van der Waals surface area contributed by atoms with E-state index in [1.807, 2.05) is 34.9 Å². The molecular weight excluding hydrogens is 495 g/mol. The van der Waals surface area contributed by atoms with Crippen molar-refractivity contribution in [1.82, 2.24) is 14.9 Å². The molecule has 0 radical (unpaired) electrons. The number of carbonyl (C=O) groups excluding carboxylic acids is 2. The first kappa shape index (κ1) is 25.8. The number of esters is 1.